The Balaban J connectivity index is 1.40. The monoisotopic (exact) mass is 490 g/mol. The summed E-state index contributed by atoms with van der Waals surface area (Å²) < 4.78 is 44.2. The normalized spacial score (nSPS) is 19.1. The minimum Gasteiger partial charge on any atom is -0.480 e. The van der Waals surface area contributed by atoms with Gasteiger partial charge in [0.15, 0.2) is 0 Å². The molecule has 0 heterocycles. The molecule has 0 bridgehead atoms. The van der Waals surface area contributed by atoms with Gasteiger partial charge in [0.05, 0.1) is 5.92 Å². The van der Waals surface area contributed by atoms with Crippen molar-refractivity contribution in [1.29, 1.82) is 0 Å². The van der Waals surface area contributed by atoms with Crippen molar-refractivity contribution in [2.75, 3.05) is 19.7 Å². The molecule has 2 aliphatic rings. The second-order valence-electron chi connectivity index (χ2n) is 8.82. The van der Waals surface area contributed by atoms with Crippen molar-refractivity contribution in [2.45, 2.75) is 37.4 Å². The number of rotatable bonds is 7. The number of carbonyl (C=O) groups excluding carboxylic acids is 2. The number of alkyl halides is 3. The van der Waals surface area contributed by atoms with Crippen molar-refractivity contribution in [2.24, 2.45) is 5.92 Å². The van der Waals surface area contributed by atoms with Crippen molar-refractivity contribution < 1.29 is 37.4 Å². The molecule has 2 atom stereocenters. The molecule has 186 valence electrons. The lowest BCUT2D eigenvalue weighted by Crippen LogP contribution is -2.49. The van der Waals surface area contributed by atoms with Crippen LogP contribution in [-0.2, 0) is 14.3 Å². The van der Waals surface area contributed by atoms with Crippen LogP contribution in [0, 0.1) is 5.92 Å². The first-order chi connectivity index (χ1) is 16.6. The van der Waals surface area contributed by atoms with E-state index in [0.29, 0.717) is 12.8 Å². The molecule has 0 spiro atoms. The zero-order valence-corrected chi connectivity index (χ0v) is 18.8. The highest BCUT2D eigenvalue weighted by molar-refractivity contribution is 5.84. The maximum atomic E-state index is 12.9. The molecule has 2 amide bonds. The molecule has 0 saturated heterocycles. The minimum atomic E-state index is -4.74. The maximum Gasteiger partial charge on any atom is 0.407 e. The van der Waals surface area contributed by atoms with Crippen molar-refractivity contribution in [1.82, 2.24) is 10.2 Å². The molecule has 10 heteroatoms. The number of halogens is 3. The number of carboxylic acids is 1. The van der Waals surface area contributed by atoms with Crippen LogP contribution in [0.1, 0.15) is 36.3 Å². The first-order valence-corrected chi connectivity index (χ1v) is 11.3. The van der Waals surface area contributed by atoms with Gasteiger partial charge in [0.1, 0.15) is 19.7 Å². The lowest BCUT2D eigenvalue weighted by atomic mass is 9.98. The number of ether oxygens (including phenoxy) is 1. The van der Waals surface area contributed by atoms with Crippen molar-refractivity contribution in [3.8, 4) is 11.1 Å². The number of hydrogen-bond acceptors (Lipinski definition) is 4. The SMILES string of the molecule is O=C(O)CN(CC(F)(F)F)C(=O)[C@H]1CCC[C@H]1NC(=O)OCC1c2ccccc2-c2ccccc21. The second kappa shape index (κ2) is 9.97. The number of amides is 2. The molecule has 1 saturated carbocycles. The van der Waals surface area contributed by atoms with Gasteiger partial charge in [-0.25, -0.2) is 4.79 Å². The molecule has 1 fully saturated rings. The van der Waals surface area contributed by atoms with E-state index in [4.69, 9.17) is 9.84 Å². The largest absolute Gasteiger partial charge is 0.480 e. The van der Waals surface area contributed by atoms with Gasteiger partial charge in [-0.1, -0.05) is 55.0 Å². The summed E-state index contributed by atoms with van der Waals surface area (Å²) in [6.07, 6.45) is -4.36. The van der Waals surface area contributed by atoms with Gasteiger partial charge in [0.25, 0.3) is 0 Å². The zero-order valence-electron chi connectivity index (χ0n) is 18.8. The third-order valence-corrected chi connectivity index (χ3v) is 6.49. The van der Waals surface area contributed by atoms with Crippen LogP contribution in [0.15, 0.2) is 48.5 Å². The number of carbonyl (C=O) groups is 3. The Morgan fingerprint density at radius 1 is 1.00 bits per heavy atom. The third kappa shape index (κ3) is 5.58. The molecule has 0 radical (unpaired) electrons. The summed E-state index contributed by atoms with van der Waals surface area (Å²) in [5.74, 6) is -3.59. The molecule has 2 aromatic carbocycles. The molecule has 2 N–H and O–H groups in total. The first kappa shape index (κ1) is 24.6. The highest BCUT2D eigenvalue weighted by Gasteiger charge is 2.41. The van der Waals surface area contributed by atoms with Crippen LogP contribution in [-0.4, -0.2) is 59.9 Å². The van der Waals surface area contributed by atoms with Crippen molar-refractivity contribution in [3.05, 3.63) is 59.7 Å². The zero-order chi connectivity index (χ0) is 25.2. The van der Waals surface area contributed by atoms with Gasteiger partial charge < -0.3 is 20.1 Å². The Morgan fingerprint density at radius 2 is 1.60 bits per heavy atom. The predicted molar refractivity (Wildman–Crippen MR) is 120 cm³/mol. The van der Waals surface area contributed by atoms with Gasteiger partial charge in [0, 0.05) is 12.0 Å². The number of hydrogen-bond donors (Lipinski definition) is 2. The first-order valence-electron chi connectivity index (χ1n) is 11.3. The summed E-state index contributed by atoms with van der Waals surface area (Å²) in [6, 6.07) is 14.9. The fraction of sp³-hybridized carbons (Fsp3) is 0.400. The molecule has 7 nitrogen and oxygen atoms in total. The average molecular weight is 490 g/mol. The number of fused-ring (bicyclic) bond motifs is 3. The highest BCUT2D eigenvalue weighted by Crippen LogP contribution is 2.44. The summed E-state index contributed by atoms with van der Waals surface area (Å²) in [6.45, 7) is -2.66. The summed E-state index contributed by atoms with van der Waals surface area (Å²) >= 11 is 0. The number of benzene rings is 2. The lowest BCUT2D eigenvalue weighted by molar-refractivity contribution is -0.168. The molecular formula is C25H25F3N2O5. The van der Waals surface area contributed by atoms with Crippen LogP contribution in [0.5, 0.6) is 0 Å². The Labute approximate surface area is 199 Å². The van der Waals surface area contributed by atoms with E-state index in [2.05, 4.69) is 5.32 Å². The third-order valence-electron chi connectivity index (χ3n) is 6.49. The second-order valence-corrected chi connectivity index (χ2v) is 8.82. The fourth-order valence-electron chi connectivity index (χ4n) is 5.05. The van der Waals surface area contributed by atoms with E-state index in [-0.39, 0.29) is 23.8 Å². The van der Waals surface area contributed by atoms with Crippen LogP contribution in [0.2, 0.25) is 0 Å². The van der Waals surface area contributed by atoms with Crippen molar-refractivity contribution in [3.63, 3.8) is 0 Å². The molecule has 0 aromatic heterocycles. The predicted octanol–water partition coefficient (Wildman–Crippen LogP) is 4.17. The smallest absolute Gasteiger partial charge is 0.407 e. The van der Waals surface area contributed by atoms with Crippen LogP contribution < -0.4 is 5.32 Å². The van der Waals surface area contributed by atoms with E-state index in [1.165, 1.54) is 0 Å². The van der Waals surface area contributed by atoms with Gasteiger partial charge in [-0.3, -0.25) is 9.59 Å². The van der Waals surface area contributed by atoms with Crippen LogP contribution in [0.4, 0.5) is 18.0 Å². The molecular weight excluding hydrogens is 465 g/mol. The van der Waals surface area contributed by atoms with Gasteiger partial charge in [0.2, 0.25) is 5.91 Å². The number of nitrogens with one attached hydrogen (secondary N) is 1. The van der Waals surface area contributed by atoms with E-state index >= 15 is 0 Å². The van der Waals surface area contributed by atoms with Gasteiger partial charge in [-0.15, -0.1) is 0 Å². The van der Waals surface area contributed by atoms with Crippen molar-refractivity contribution >= 4 is 18.0 Å². The summed E-state index contributed by atoms with van der Waals surface area (Å²) in [4.78, 5) is 36.6. The molecule has 2 aliphatic carbocycles. The number of aliphatic carboxylic acids is 1. The molecule has 4 rings (SSSR count). The Hall–Kier alpha value is -3.56. The summed E-state index contributed by atoms with van der Waals surface area (Å²) in [5, 5.41) is 11.6. The van der Waals surface area contributed by atoms with Gasteiger partial charge in [-0.05, 0) is 35.1 Å². The molecule has 0 aliphatic heterocycles. The van der Waals surface area contributed by atoms with E-state index in [1.807, 2.05) is 48.5 Å². The van der Waals surface area contributed by atoms with Crippen LogP contribution in [0.25, 0.3) is 11.1 Å². The molecule has 35 heavy (non-hydrogen) atoms. The summed E-state index contributed by atoms with van der Waals surface area (Å²) in [7, 11) is 0. The number of nitrogens with zero attached hydrogens (tertiary/aromatic N) is 1. The quantitative estimate of drug-likeness (QED) is 0.608. The highest BCUT2D eigenvalue weighted by atomic mass is 19.4. The average Bonchev–Trinajstić information content (AvgIpc) is 3.38. The van der Waals surface area contributed by atoms with Crippen LogP contribution in [0.3, 0.4) is 0 Å². The Kier molecular flexibility index (Phi) is 7.00. The standard InChI is InChI=1S/C25H25F3N2O5/c26-25(27,28)14-30(12-22(31)32)23(33)19-10-5-11-21(19)29-24(34)35-13-20-17-8-3-1-6-15(17)16-7-2-4-9-18(16)20/h1-4,6-9,19-21H,5,10-14H2,(H,29,34)(H,31,32)/t19-,21+/m0/s1. The van der Waals surface area contributed by atoms with Gasteiger partial charge in [-0.2, -0.15) is 13.2 Å². The van der Waals surface area contributed by atoms with E-state index < -0.39 is 49.2 Å². The summed E-state index contributed by atoms with van der Waals surface area (Å²) in [5.41, 5.74) is 4.21. The number of carboxylic acid groups (broad SMARTS) is 1. The topological polar surface area (TPSA) is 95.9 Å². The van der Waals surface area contributed by atoms with E-state index in [9.17, 15) is 27.6 Å². The Morgan fingerprint density at radius 3 is 2.17 bits per heavy atom. The number of alkyl carbamates (subject to hydrolysis) is 1. The lowest BCUT2D eigenvalue weighted by Gasteiger charge is -2.28. The van der Waals surface area contributed by atoms with E-state index in [0.717, 1.165) is 22.3 Å². The fourth-order valence-corrected chi connectivity index (χ4v) is 5.05. The Bertz CT molecular complexity index is 1070. The molecule has 2 aromatic rings. The van der Waals surface area contributed by atoms with E-state index in [1.54, 1.807) is 0 Å². The minimum absolute atomic E-state index is 0.0599. The maximum absolute atomic E-state index is 12.9. The van der Waals surface area contributed by atoms with Gasteiger partial charge >= 0.3 is 18.2 Å². The molecule has 0 unspecified atom stereocenters. The van der Waals surface area contributed by atoms with Crippen LogP contribution >= 0.6 is 0 Å².